The topological polar surface area (TPSA) is 36.4 Å². The fraction of sp³-hybridized carbons (Fsp3) is 0.412. The first kappa shape index (κ1) is 15.1. The number of halogens is 1. The number of pyridine rings is 1. The lowest BCUT2D eigenvalue weighted by molar-refractivity contribution is -0.127. The maximum Gasteiger partial charge on any atom is 0.222 e. The van der Waals surface area contributed by atoms with Crippen molar-refractivity contribution in [2.45, 2.75) is 13.3 Å². The van der Waals surface area contributed by atoms with Crippen LogP contribution in [0.3, 0.4) is 0 Å². The van der Waals surface area contributed by atoms with E-state index in [1.165, 1.54) is 0 Å². The molecule has 3 rings (SSSR count). The Morgan fingerprint density at radius 2 is 2.18 bits per heavy atom. The molecule has 0 spiro atoms. The van der Waals surface area contributed by atoms with Crippen LogP contribution < -0.4 is 4.90 Å². The van der Waals surface area contributed by atoms with E-state index in [-0.39, 0.29) is 5.91 Å². The number of carbonyl (C=O) groups excluding carboxylic acids is 1. The summed E-state index contributed by atoms with van der Waals surface area (Å²) in [6, 6.07) is 9.76. The number of hydrogen-bond acceptors (Lipinski definition) is 3. The van der Waals surface area contributed by atoms with Crippen LogP contribution in [0.5, 0.6) is 0 Å². The number of carbonyl (C=O) groups is 1. The van der Waals surface area contributed by atoms with Crippen LogP contribution in [-0.2, 0) is 4.79 Å². The Bertz CT molecular complexity index is 703. The largest absolute Gasteiger partial charge is 0.359 e. The summed E-state index contributed by atoms with van der Waals surface area (Å²) in [5.74, 6) is 1.57. The minimum atomic E-state index is 0.266. The van der Waals surface area contributed by atoms with E-state index in [0.29, 0.717) is 12.3 Å². The molecule has 1 aliphatic rings. The minimum absolute atomic E-state index is 0.266. The van der Waals surface area contributed by atoms with Gasteiger partial charge in [0, 0.05) is 49.4 Å². The molecule has 1 aliphatic heterocycles. The lowest BCUT2D eigenvalue weighted by atomic mass is 10.1. The molecule has 4 nitrogen and oxygen atoms in total. The molecule has 22 heavy (non-hydrogen) atoms. The Morgan fingerprint density at radius 1 is 1.36 bits per heavy atom. The second kappa shape index (κ2) is 6.13. The zero-order valence-corrected chi connectivity index (χ0v) is 13.7. The summed E-state index contributed by atoms with van der Waals surface area (Å²) in [6.45, 7) is 4.52. The van der Waals surface area contributed by atoms with Gasteiger partial charge >= 0.3 is 0 Å². The highest BCUT2D eigenvalue weighted by Crippen LogP contribution is 2.23. The fourth-order valence-electron chi connectivity index (χ4n) is 3.06. The number of amides is 1. The van der Waals surface area contributed by atoms with Crippen LogP contribution in [0.2, 0.25) is 5.02 Å². The Balaban J connectivity index is 1.74. The van der Waals surface area contributed by atoms with Crippen LogP contribution in [0.25, 0.3) is 10.9 Å². The molecule has 1 unspecified atom stereocenters. The Morgan fingerprint density at radius 3 is 2.91 bits per heavy atom. The van der Waals surface area contributed by atoms with Crippen LogP contribution >= 0.6 is 11.6 Å². The lowest BCUT2D eigenvalue weighted by Crippen LogP contribution is -2.29. The van der Waals surface area contributed by atoms with Crippen molar-refractivity contribution < 1.29 is 4.79 Å². The van der Waals surface area contributed by atoms with E-state index in [2.05, 4.69) is 9.88 Å². The van der Waals surface area contributed by atoms with E-state index < -0.39 is 0 Å². The number of rotatable bonds is 4. The molecule has 1 fully saturated rings. The van der Waals surface area contributed by atoms with E-state index in [9.17, 15) is 4.79 Å². The monoisotopic (exact) mass is 317 g/mol. The predicted molar refractivity (Wildman–Crippen MR) is 90.4 cm³/mol. The molecule has 1 amide bonds. The standard InChI is InChI=1S/C17H20ClN3O/c1-3-21-11-12(8-17(21)22)10-20(2)16-7-4-13-9-14(18)5-6-15(13)19-16/h4-7,9,12H,3,8,10-11H2,1-2H3. The molecule has 2 aromatic rings. The van der Waals surface area contributed by atoms with Crippen molar-refractivity contribution in [1.82, 2.24) is 9.88 Å². The Kier molecular flexibility index (Phi) is 4.21. The van der Waals surface area contributed by atoms with Gasteiger partial charge in [-0.25, -0.2) is 4.98 Å². The van der Waals surface area contributed by atoms with Gasteiger partial charge in [0.1, 0.15) is 5.82 Å². The second-order valence-corrected chi connectivity index (χ2v) is 6.33. The first-order valence-electron chi connectivity index (χ1n) is 7.62. The van der Waals surface area contributed by atoms with Gasteiger partial charge < -0.3 is 9.80 Å². The molecular formula is C17H20ClN3O. The summed E-state index contributed by atoms with van der Waals surface area (Å²) >= 11 is 6.00. The molecule has 0 aliphatic carbocycles. The molecule has 1 aromatic carbocycles. The third kappa shape index (κ3) is 3.02. The number of benzene rings is 1. The zero-order chi connectivity index (χ0) is 15.7. The quantitative estimate of drug-likeness (QED) is 0.869. The highest BCUT2D eigenvalue weighted by molar-refractivity contribution is 6.31. The predicted octanol–water partition coefficient (Wildman–Crippen LogP) is 3.19. The molecule has 5 heteroatoms. The van der Waals surface area contributed by atoms with E-state index in [4.69, 9.17) is 11.6 Å². The molecule has 1 saturated heterocycles. The number of nitrogens with zero attached hydrogens (tertiary/aromatic N) is 3. The van der Waals surface area contributed by atoms with E-state index in [0.717, 1.165) is 41.4 Å². The first-order chi connectivity index (χ1) is 10.6. The van der Waals surface area contributed by atoms with Crippen molar-refractivity contribution in [2.24, 2.45) is 5.92 Å². The lowest BCUT2D eigenvalue weighted by Gasteiger charge is -2.22. The number of anilines is 1. The smallest absolute Gasteiger partial charge is 0.222 e. The van der Waals surface area contributed by atoms with Crippen LogP contribution in [0, 0.1) is 5.92 Å². The van der Waals surface area contributed by atoms with Crippen LogP contribution in [0.1, 0.15) is 13.3 Å². The van der Waals surface area contributed by atoms with Gasteiger partial charge in [0.25, 0.3) is 0 Å². The molecule has 0 saturated carbocycles. The summed E-state index contributed by atoms with van der Waals surface area (Å²) in [7, 11) is 2.03. The van der Waals surface area contributed by atoms with Gasteiger partial charge in [-0.1, -0.05) is 11.6 Å². The third-order valence-electron chi connectivity index (χ3n) is 4.24. The fourth-order valence-corrected chi connectivity index (χ4v) is 3.24. The van der Waals surface area contributed by atoms with Crippen LogP contribution in [0.4, 0.5) is 5.82 Å². The second-order valence-electron chi connectivity index (χ2n) is 5.89. The minimum Gasteiger partial charge on any atom is -0.359 e. The number of hydrogen-bond donors (Lipinski definition) is 0. The highest BCUT2D eigenvalue weighted by Gasteiger charge is 2.29. The average molecular weight is 318 g/mol. The van der Waals surface area contributed by atoms with Crippen molar-refractivity contribution in [1.29, 1.82) is 0 Å². The zero-order valence-electron chi connectivity index (χ0n) is 12.9. The Labute approximate surface area is 135 Å². The van der Waals surface area contributed by atoms with Crippen molar-refractivity contribution in [2.75, 3.05) is 31.6 Å². The molecule has 0 bridgehead atoms. The van der Waals surface area contributed by atoms with Crippen LogP contribution in [-0.4, -0.2) is 42.5 Å². The number of aromatic nitrogens is 1. The van der Waals surface area contributed by atoms with Gasteiger partial charge in [-0.2, -0.15) is 0 Å². The number of fused-ring (bicyclic) bond motifs is 1. The first-order valence-corrected chi connectivity index (χ1v) is 8.00. The van der Waals surface area contributed by atoms with E-state index in [1.807, 2.05) is 49.2 Å². The van der Waals surface area contributed by atoms with Crippen molar-refractivity contribution >= 4 is 34.2 Å². The SMILES string of the molecule is CCN1CC(CN(C)c2ccc3cc(Cl)ccc3n2)CC1=O. The van der Waals surface area contributed by atoms with Gasteiger partial charge in [0.05, 0.1) is 5.52 Å². The van der Waals surface area contributed by atoms with Crippen molar-refractivity contribution in [3.05, 3.63) is 35.4 Å². The maximum absolute atomic E-state index is 11.8. The van der Waals surface area contributed by atoms with E-state index >= 15 is 0 Å². The Hall–Kier alpha value is -1.81. The molecule has 0 N–H and O–H groups in total. The number of likely N-dealkylation sites (tertiary alicyclic amines) is 1. The molecule has 0 radical (unpaired) electrons. The molecule has 1 atom stereocenters. The van der Waals surface area contributed by atoms with Gasteiger partial charge in [-0.3, -0.25) is 4.79 Å². The van der Waals surface area contributed by atoms with Gasteiger partial charge in [-0.05, 0) is 37.3 Å². The van der Waals surface area contributed by atoms with Gasteiger partial charge in [-0.15, -0.1) is 0 Å². The van der Waals surface area contributed by atoms with Gasteiger partial charge in [0.2, 0.25) is 5.91 Å². The summed E-state index contributed by atoms with van der Waals surface area (Å²) in [5, 5.41) is 1.76. The van der Waals surface area contributed by atoms with Crippen molar-refractivity contribution in [3.63, 3.8) is 0 Å². The van der Waals surface area contributed by atoms with Crippen LogP contribution in [0.15, 0.2) is 30.3 Å². The summed E-state index contributed by atoms with van der Waals surface area (Å²) in [5.41, 5.74) is 0.937. The molecule has 116 valence electrons. The van der Waals surface area contributed by atoms with Crippen molar-refractivity contribution in [3.8, 4) is 0 Å². The summed E-state index contributed by atoms with van der Waals surface area (Å²) < 4.78 is 0. The maximum atomic E-state index is 11.8. The summed E-state index contributed by atoms with van der Waals surface area (Å²) in [6.07, 6.45) is 0.640. The third-order valence-corrected chi connectivity index (χ3v) is 4.47. The highest BCUT2D eigenvalue weighted by atomic mass is 35.5. The summed E-state index contributed by atoms with van der Waals surface area (Å²) in [4.78, 5) is 20.6. The average Bonchev–Trinajstić information content (AvgIpc) is 2.86. The van der Waals surface area contributed by atoms with Gasteiger partial charge in [0.15, 0.2) is 0 Å². The normalized spacial score (nSPS) is 18.2. The molecular weight excluding hydrogens is 298 g/mol. The molecule has 2 heterocycles. The van der Waals surface area contributed by atoms with E-state index in [1.54, 1.807) is 0 Å². The molecule has 1 aromatic heterocycles.